The van der Waals surface area contributed by atoms with Gasteiger partial charge in [0.25, 0.3) is 0 Å². The molecule has 250 valence electrons. The SMILES string of the molecule is CC(C)[C@@H]1[C@H](OC(=O)N[C@@H](Cc2ccccc2)[C@H](O)CN2CCN(Cc3ccc(Br)s3)C[C@H]2C(=O)NC(C)(C)C)CCS1(=O)=O. The molecule has 3 heterocycles. The van der Waals surface area contributed by atoms with Crippen LogP contribution in [0.2, 0.25) is 0 Å². The Hall–Kier alpha value is -2.03. The molecule has 2 aliphatic heterocycles. The van der Waals surface area contributed by atoms with Gasteiger partial charge in [0.1, 0.15) is 17.4 Å². The van der Waals surface area contributed by atoms with Gasteiger partial charge in [-0.15, -0.1) is 11.3 Å². The van der Waals surface area contributed by atoms with Crippen molar-refractivity contribution in [3.8, 4) is 0 Å². The summed E-state index contributed by atoms with van der Waals surface area (Å²) in [5.74, 6) is -0.324. The molecule has 0 spiro atoms. The molecular formula is C32H47BrN4O6S2. The zero-order valence-electron chi connectivity index (χ0n) is 26.7. The van der Waals surface area contributed by atoms with E-state index in [4.69, 9.17) is 4.74 Å². The third-order valence-corrected chi connectivity index (χ3v) is 12.3. The first-order chi connectivity index (χ1) is 21.1. The van der Waals surface area contributed by atoms with Crippen molar-refractivity contribution in [2.75, 3.05) is 31.9 Å². The van der Waals surface area contributed by atoms with E-state index in [0.29, 0.717) is 26.1 Å². The highest BCUT2D eigenvalue weighted by Gasteiger charge is 2.45. The maximum atomic E-state index is 13.6. The number of alkyl carbamates (subject to hydrolysis) is 1. The number of nitrogens with zero attached hydrogens (tertiary/aromatic N) is 2. The summed E-state index contributed by atoms with van der Waals surface area (Å²) in [7, 11) is -3.35. The monoisotopic (exact) mass is 726 g/mol. The largest absolute Gasteiger partial charge is 0.445 e. The second-order valence-corrected chi connectivity index (χ2v) is 18.3. The quantitative estimate of drug-likeness (QED) is 0.319. The van der Waals surface area contributed by atoms with Crippen LogP contribution >= 0.6 is 27.3 Å². The molecule has 2 aromatic rings. The van der Waals surface area contributed by atoms with E-state index in [1.165, 1.54) is 4.88 Å². The maximum Gasteiger partial charge on any atom is 0.407 e. The molecule has 13 heteroatoms. The molecule has 0 unspecified atom stereocenters. The number of ether oxygens (including phenoxy) is 1. The van der Waals surface area contributed by atoms with Gasteiger partial charge in [0.2, 0.25) is 5.91 Å². The van der Waals surface area contributed by atoms with Crippen molar-refractivity contribution in [2.24, 2.45) is 5.92 Å². The van der Waals surface area contributed by atoms with Crippen LogP contribution in [0.3, 0.4) is 0 Å². The van der Waals surface area contributed by atoms with Crippen molar-refractivity contribution < 1.29 is 27.9 Å². The Morgan fingerprint density at radius 3 is 2.47 bits per heavy atom. The molecule has 2 amide bonds. The number of nitrogens with one attached hydrogen (secondary N) is 2. The molecule has 2 aliphatic rings. The number of halogens is 1. The predicted octanol–water partition coefficient (Wildman–Crippen LogP) is 3.82. The number of aliphatic hydroxyl groups excluding tert-OH is 1. The Labute approximate surface area is 279 Å². The molecule has 45 heavy (non-hydrogen) atoms. The van der Waals surface area contributed by atoms with Gasteiger partial charge in [-0.2, -0.15) is 0 Å². The van der Waals surface area contributed by atoms with E-state index < -0.39 is 51.0 Å². The second-order valence-electron chi connectivity index (χ2n) is 13.5. The van der Waals surface area contributed by atoms with Crippen molar-refractivity contribution in [1.29, 1.82) is 0 Å². The summed E-state index contributed by atoms with van der Waals surface area (Å²) in [6.07, 6.45) is -1.94. The van der Waals surface area contributed by atoms with Gasteiger partial charge in [0, 0.05) is 43.1 Å². The highest BCUT2D eigenvalue weighted by atomic mass is 79.9. The smallest absolute Gasteiger partial charge is 0.407 e. The Balaban J connectivity index is 1.49. The highest BCUT2D eigenvalue weighted by molar-refractivity contribution is 9.11. The van der Waals surface area contributed by atoms with Crippen LogP contribution in [0.25, 0.3) is 0 Å². The van der Waals surface area contributed by atoms with E-state index in [1.807, 2.05) is 75.9 Å². The lowest BCUT2D eigenvalue weighted by Gasteiger charge is -2.42. The van der Waals surface area contributed by atoms with Crippen LogP contribution in [0.1, 0.15) is 51.5 Å². The molecular weight excluding hydrogens is 680 g/mol. The van der Waals surface area contributed by atoms with E-state index >= 15 is 0 Å². The minimum absolute atomic E-state index is 0.0163. The number of carbonyl (C=O) groups excluding carboxylic acids is 2. The van der Waals surface area contributed by atoms with Crippen LogP contribution in [-0.2, 0) is 32.3 Å². The van der Waals surface area contributed by atoms with E-state index in [-0.39, 0.29) is 30.5 Å². The van der Waals surface area contributed by atoms with Gasteiger partial charge < -0.3 is 20.5 Å². The van der Waals surface area contributed by atoms with Crippen LogP contribution in [-0.4, -0.2) is 102 Å². The third-order valence-electron chi connectivity index (χ3n) is 8.26. The number of carbonyl (C=O) groups is 2. The topological polar surface area (TPSA) is 128 Å². The molecule has 0 saturated carbocycles. The summed E-state index contributed by atoms with van der Waals surface area (Å²) >= 11 is 5.20. The summed E-state index contributed by atoms with van der Waals surface area (Å²) in [6, 6.07) is 12.4. The molecule has 0 aliphatic carbocycles. The molecule has 5 atom stereocenters. The number of hydrogen-bond acceptors (Lipinski definition) is 9. The molecule has 3 N–H and O–H groups in total. The maximum absolute atomic E-state index is 13.6. The van der Waals surface area contributed by atoms with Crippen molar-refractivity contribution in [3.05, 3.63) is 56.7 Å². The van der Waals surface area contributed by atoms with Crippen molar-refractivity contribution in [1.82, 2.24) is 20.4 Å². The molecule has 0 radical (unpaired) electrons. The molecule has 4 rings (SSSR count). The number of aliphatic hydroxyl groups is 1. The minimum atomic E-state index is -3.35. The summed E-state index contributed by atoms with van der Waals surface area (Å²) in [6.45, 7) is 12.1. The number of amides is 2. The predicted molar refractivity (Wildman–Crippen MR) is 181 cm³/mol. The first-order valence-corrected chi connectivity index (χ1v) is 18.9. The van der Waals surface area contributed by atoms with Gasteiger partial charge >= 0.3 is 6.09 Å². The van der Waals surface area contributed by atoms with Gasteiger partial charge in [-0.05, 0) is 73.2 Å². The average molecular weight is 728 g/mol. The van der Waals surface area contributed by atoms with E-state index in [1.54, 1.807) is 11.3 Å². The van der Waals surface area contributed by atoms with Crippen LogP contribution in [0.15, 0.2) is 46.3 Å². The zero-order valence-corrected chi connectivity index (χ0v) is 30.0. The number of piperazine rings is 1. The highest BCUT2D eigenvalue weighted by Crippen LogP contribution is 2.30. The number of sulfone groups is 1. The number of hydrogen-bond donors (Lipinski definition) is 3. The Kier molecular flexibility index (Phi) is 12.1. The Morgan fingerprint density at radius 2 is 1.84 bits per heavy atom. The van der Waals surface area contributed by atoms with Gasteiger partial charge in [-0.25, -0.2) is 13.2 Å². The first kappa shape index (κ1) is 35.8. The third kappa shape index (κ3) is 10.2. The Morgan fingerprint density at radius 1 is 1.13 bits per heavy atom. The summed E-state index contributed by atoms with van der Waals surface area (Å²) in [5.41, 5.74) is 0.490. The lowest BCUT2D eigenvalue weighted by atomic mass is 9.99. The lowest BCUT2D eigenvalue weighted by Crippen LogP contribution is -2.63. The van der Waals surface area contributed by atoms with Gasteiger partial charge in [0.05, 0.1) is 21.7 Å². The molecule has 0 bridgehead atoms. The van der Waals surface area contributed by atoms with Crippen molar-refractivity contribution in [3.63, 3.8) is 0 Å². The van der Waals surface area contributed by atoms with E-state index in [0.717, 1.165) is 15.9 Å². The minimum Gasteiger partial charge on any atom is -0.445 e. The molecule has 1 aromatic carbocycles. The Bertz CT molecular complexity index is 1400. The van der Waals surface area contributed by atoms with Gasteiger partial charge in [-0.3, -0.25) is 14.6 Å². The molecule has 2 fully saturated rings. The van der Waals surface area contributed by atoms with Crippen LogP contribution in [0, 0.1) is 5.92 Å². The molecule has 10 nitrogen and oxygen atoms in total. The average Bonchev–Trinajstić information content (AvgIpc) is 3.49. The van der Waals surface area contributed by atoms with Crippen molar-refractivity contribution >= 4 is 49.1 Å². The van der Waals surface area contributed by atoms with Gasteiger partial charge in [-0.1, -0.05) is 44.2 Å². The molecule has 1 aromatic heterocycles. The number of rotatable bonds is 11. The zero-order chi connectivity index (χ0) is 32.9. The second kappa shape index (κ2) is 15.2. The summed E-state index contributed by atoms with van der Waals surface area (Å²) in [5, 5.41) is 16.8. The fraction of sp³-hybridized carbons (Fsp3) is 0.625. The van der Waals surface area contributed by atoms with Crippen LogP contribution < -0.4 is 10.6 Å². The normalized spacial score (nSPS) is 23.9. The van der Waals surface area contributed by atoms with Crippen molar-refractivity contribution in [2.45, 2.75) is 89.1 Å². The van der Waals surface area contributed by atoms with Crippen LogP contribution in [0.4, 0.5) is 4.79 Å². The first-order valence-electron chi connectivity index (χ1n) is 15.5. The van der Waals surface area contributed by atoms with Crippen LogP contribution in [0.5, 0.6) is 0 Å². The number of thiophene rings is 1. The van der Waals surface area contributed by atoms with Gasteiger partial charge in [0.15, 0.2) is 9.84 Å². The summed E-state index contributed by atoms with van der Waals surface area (Å²) in [4.78, 5) is 32.2. The standard InChI is InChI=1S/C32H47BrN4O6S2/c1-21(2)29-27(13-16-45(29,41)42)43-31(40)34-24(17-22-9-7-6-8-10-22)26(38)20-37-15-14-36(18-23-11-12-28(33)44-23)19-25(37)30(39)35-32(3,4)5/h6-12,21,24-27,29,38H,13-20H2,1-5H3,(H,34,40)(H,35,39)/t24-,25-,26+,27+,29+/m0/s1. The number of β-amino-alcohol motifs (C(OH)–C–C–N with tert-alkyl or cyclic N) is 1. The van der Waals surface area contributed by atoms with E-state index in [2.05, 4.69) is 37.5 Å². The lowest BCUT2D eigenvalue weighted by molar-refractivity contribution is -0.131. The fourth-order valence-corrected chi connectivity index (χ4v) is 10.1. The number of benzene rings is 1. The fourth-order valence-electron chi connectivity index (χ4n) is 6.22. The summed E-state index contributed by atoms with van der Waals surface area (Å²) < 4.78 is 31.9. The van der Waals surface area contributed by atoms with E-state index in [9.17, 15) is 23.1 Å². The molecule has 2 saturated heterocycles.